The summed E-state index contributed by atoms with van der Waals surface area (Å²) >= 11 is 1.69. The first-order chi connectivity index (χ1) is 7.68. The van der Waals surface area contributed by atoms with E-state index in [2.05, 4.69) is 24.1 Å². The number of hydrogen-bond donors (Lipinski definition) is 1. The molecule has 2 aromatic rings. The van der Waals surface area contributed by atoms with Crippen molar-refractivity contribution in [1.29, 1.82) is 0 Å². The highest BCUT2D eigenvalue weighted by Gasteiger charge is 2.12. The Labute approximate surface area is 100 Å². The number of aliphatic hydroxyl groups is 1. The maximum atomic E-state index is 10.1. The summed E-state index contributed by atoms with van der Waals surface area (Å²) in [5.41, 5.74) is 2.18. The lowest BCUT2D eigenvalue weighted by molar-refractivity contribution is 0.170. The fraction of sp³-hybridized carbons (Fsp3) is 0.286. The molecule has 1 aromatic carbocycles. The molecule has 1 nitrogen and oxygen atoms in total. The van der Waals surface area contributed by atoms with Crippen LogP contribution >= 0.6 is 11.3 Å². The lowest BCUT2D eigenvalue weighted by Crippen LogP contribution is -1.96. The fourth-order valence-corrected chi connectivity index (χ4v) is 2.80. The Morgan fingerprint density at radius 3 is 2.94 bits per heavy atom. The predicted molar refractivity (Wildman–Crippen MR) is 70.8 cm³/mol. The predicted octanol–water partition coefficient (Wildman–Crippen LogP) is 4.29. The largest absolute Gasteiger partial charge is 0.388 e. The molecule has 0 aliphatic heterocycles. The van der Waals surface area contributed by atoms with E-state index >= 15 is 0 Å². The molecule has 1 heterocycles. The van der Waals surface area contributed by atoms with Gasteiger partial charge < -0.3 is 5.11 Å². The van der Waals surface area contributed by atoms with E-state index in [0.717, 1.165) is 24.0 Å². The Bertz CT molecular complexity index is 498. The third kappa shape index (κ3) is 2.34. The van der Waals surface area contributed by atoms with Gasteiger partial charge in [-0.15, -0.1) is 17.9 Å². The van der Waals surface area contributed by atoms with Crippen LogP contribution in [-0.4, -0.2) is 5.11 Å². The minimum absolute atomic E-state index is 0.368. The maximum absolute atomic E-state index is 10.1. The van der Waals surface area contributed by atoms with Gasteiger partial charge in [0.25, 0.3) is 0 Å². The number of thiophene rings is 1. The number of fused-ring (bicyclic) bond motifs is 1. The molecule has 16 heavy (non-hydrogen) atoms. The van der Waals surface area contributed by atoms with Crippen molar-refractivity contribution in [1.82, 2.24) is 0 Å². The molecule has 1 atom stereocenters. The van der Waals surface area contributed by atoms with E-state index < -0.39 is 0 Å². The first-order valence-corrected chi connectivity index (χ1v) is 6.35. The van der Waals surface area contributed by atoms with Crippen LogP contribution in [0.25, 0.3) is 10.1 Å². The highest BCUT2D eigenvalue weighted by atomic mass is 32.1. The quantitative estimate of drug-likeness (QED) is 0.780. The first-order valence-electron chi connectivity index (χ1n) is 5.47. The Hall–Kier alpha value is -1.12. The molecule has 1 N–H and O–H groups in total. The molecular formula is C14H16OS. The molecule has 1 aromatic heterocycles. The molecule has 84 valence electrons. The van der Waals surface area contributed by atoms with E-state index in [1.807, 2.05) is 19.1 Å². The van der Waals surface area contributed by atoms with Crippen molar-refractivity contribution in [2.24, 2.45) is 0 Å². The van der Waals surface area contributed by atoms with Gasteiger partial charge in [0.05, 0.1) is 6.10 Å². The SMILES string of the molecule is C=C(C)CCC(O)c1csc2ccccc12. The molecule has 0 saturated carbocycles. The zero-order chi connectivity index (χ0) is 11.5. The van der Waals surface area contributed by atoms with Gasteiger partial charge in [-0.05, 0) is 42.2 Å². The molecule has 0 radical (unpaired) electrons. The molecule has 2 rings (SSSR count). The summed E-state index contributed by atoms with van der Waals surface area (Å²) in [7, 11) is 0. The van der Waals surface area contributed by atoms with Crippen LogP contribution in [0, 0.1) is 0 Å². The first kappa shape index (κ1) is 11.4. The second kappa shape index (κ2) is 4.81. The third-order valence-corrected chi connectivity index (χ3v) is 3.70. The zero-order valence-corrected chi connectivity index (χ0v) is 10.3. The van der Waals surface area contributed by atoms with Crippen LogP contribution in [0.3, 0.4) is 0 Å². The molecule has 1 unspecified atom stereocenters. The van der Waals surface area contributed by atoms with Gasteiger partial charge in [0, 0.05) is 4.70 Å². The molecule has 0 fully saturated rings. The van der Waals surface area contributed by atoms with Gasteiger partial charge in [0.2, 0.25) is 0 Å². The van der Waals surface area contributed by atoms with Gasteiger partial charge in [-0.3, -0.25) is 0 Å². The highest BCUT2D eigenvalue weighted by Crippen LogP contribution is 2.32. The van der Waals surface area contributed by atoms with Crippen LogP contribution < -0.4 is 0 Å². The minimum Gasteiger partial charge on any atom is -0.388 e. The topological polar surface area (TPSA) is 20.2 Å². The van der Waals surface area contributed by atoms with E-state index in [-0.39, 0.29) is 6.10 Å². The van der Waals surface area contributed by atoms with E-state index in [4.69, 9.17) is 0 Å². The second-order valence-corrected chi connectivity index (χ2v) is 5.11. The molecule has 0 spiro atoms. The zero-order valence-electron chi connectivity index (χ0n) is 9.44. The van der Waals surface area contributed by atoms with Crippen molar-refractivity contribution >= 4 is 21.4 Å². The average Bonchev–Trinajstić information content (AvgIpc) is 2.69. The summed E-state index contributed by atoms with van der Waals surface area (Å²) < 4.78 is 1.24. The fourth-order valence-electron chi connectivity index (χ4n) is 1.80. The van der Waals surface area contributed by atoms with Crippen molar-refractivity contribution in [3.63, 3.8) is 0 Å². The van der Waals surface area contributed by atoms with Crippen molar-refractivity contribution in [3.05, 3.63) is 47.4 Å². The summed E-state index contributed by atoms with van der Waals surface area (Å²) in [6.07, 6.45) is 1.27. The lowest BCUT2D eigenvalue weighted by Gasteiger charge is -2.09. The van der Waals surface area contributed by atoms with Gasteiger partial charge in [-0.25, -0.2) is 0 Å². The van der Waals surface area contributed by atoms with Crippen LogP contribution in [0.2, 0.25) is 0 Å². The summed E-state index contributed by atoms with van der Waals surface area (Å²) in [5, 5.41) is 13.4. The van der Waals surface area contributed by atoms with Crippen molar-refractivity contribution < 1.29 is 5.11 Å². The van der Waals surface area contributed by atoms with Crippen LogP contribution in [0.5, 0.6) is 0 Å². The lowest BCUT2D eigenvalue weighted by atomic mass is 10.0. The molecule has 2 heteroatoms. The summed E-state index contributed by atoms with van der Waals surface area (Å²) in [6, 6.07) is 8.22. The van der Waals surface area contributed by atoms with Crippen LogP contribution in [0.4, 0.5) is 0 Å². The van der Waals surface area contributed by atoms with Crippen LogP contribution in [-0.2, 0) is 0 Å². The molecule has 0 amide bonds. The van der Waals surface area contributed by atoms with Gasteiger partial charge >= 0.3 is 0 Å². The number of benzene rings is 1. The van der Waals surface area contributed by atoms with Crippen molar-refractivity contribution in [2.75, 3.05) is 0 Å². The maximum Gasteiger partial charge on any atom is 0.0807 e. The molecule has 0 saturated heterocycles. The van der Waals surface area contributed by atoms with Gasteiger partial charge in [0.1, 0.15) is 0 Å². The van der Waals surface area contributed by atoms with Crippen LogP contribution in [0.1, 0.15) is 31.4 Å². The summed E-state index contributed by atoms with van der Waals surface area (Å²) in [4.78, 5) is 0. The Balaban J connectivity index is 2.22. The second-order valence-electron chi connectivity index (χ2n) is 4.20. The Morgan fingerprint density at radius 2 is 2.19 bits per heavy atom. The third-order valence-electron chi connectivity index (χ3n) is 2.71. The Kier molecular flexibility index (Phi) is 3.42. The Morgan fingerprint density at radius 1 is 1.44 bits per heavy atom. The van der Waals surface area contributed by atoms with Gasteiger partial charge in [-0.2, -0.15) is 0 Å². The minimum atomic E-state index is -0.368. The number of rotatable bonds is 4. The van der Waals surface area contributed by atoms with Crippen molar-refractivity contribution in [3.8, 4) is 0 Å². The van der Waals surface area contributed by atoms with E-state index in [1.165, 1.54) is 10.1 Å². The number of hydrogen-bond acceptors (Lipinski definition) is 2. The van der Waals surface area contributed by atoms with E-state index in [0.29, 0.717) is 0 Å². The average molecular weight is 232 g/mol. The molecule has 0 bridgehead atoms. The van der Waals surface area contributed by atoms with Gasteiger partial charge in [-0.1, -0.05) is 23.8 Å². The highest BCUT2D eigenvalue weighted by molar-refractivity contribution is 7.17. The van der Waals surface area contributed by atoms with E-state index in [9.17, 15) is 5.11 Å². The number of allylic oxidation sites excluding steroid dienone is 1. The number of aliphatic hydroxyl groups excluding tert-OH is 1. The van der Waals surface area contributed by atoms with Gasteiger partial charge in [0.15, 0.2) is 0 Å². The standard InChI is InChI=1S/C14H16OS/c1-10(2)7-8-13(15)12-9-16-14-6-4-3-5-11(12)14/h3-6,9,13,15H,1,7-8H2,2H3. The normalized spacial score (nSPS) is 12.9. The van der Waals surface area contributed by atoms with Crippen molar-refractivity contribution in [2.45, 2.75) is 25.9 Å². The summed E-state index contributed by atoms with van der Waals surface area (Å²) in [5.74, 6) is 0. The summed E-state index contributed by atoms with van der Waals surface area (Å²) in [6.45, 7) is 5.86. The van der Waals surface area contributed by atoms with E-state index in [1.54, 1.807) is 11.3 Å². The van der Waals surface area contributed by atoms with Crippen LogP contribution in [0.15, 0.2) is 41.8 Å². The molecular weight excluding hydrogens is 216 g/mol. The monoisotopic (exact) mass is 232 g/mol. The molecule has 0 aliphatic rings. The smallest absolute Gasteiger partial charge is 0.0807 e. The molecule has 0 aliphatic carbocycles.